The molecule has 0 aliphatic carbocycles. The predicted molar refractivity (Wildman–Crippen MR) is 79.0 cm³/mol. The number of piperidine rings is 1. The van der Waals surface area contributed by atoms with Crippen LogP contribution >= 0.6 is 0 Å². The summed E-state index contributed by atoms with van der Waals surface area (Å²) in [6, 6.07) is 6.92. The molecule has 2 atom stereocenters. The summed E-state index contributed by atoms with van der Waals surface area (Å²) in [7, 11) is 0. The first kappa shape index (κ1) is 12.1. The lowest BCUT2D eigenvalue weighted by Gasteiger charge is -2.44. The van der Waals surface area contributed by atoms with Crippen LogP contribution in [0.15, 0.2) is 23.2 Å². The van der Waals surface area contributed by atoms with E-state index in [2.05, 4.69) is 35.0 Å². The SMILES string of the molecule is Cc1ccc2c(c1)C1CC3=NCCCC3C(=O)N1CC2. The van der Waals surface area contributed by atoms with Gasteiger partial charge in [0.2, 0.25) is 5.91 Å². The molecule has 3 aliphatic rings. The largest absolute Gasteiger partial charge is 0.334 e. The number of aryl methyl sites for hydroxylation is 1. The standard InChI is InChI=1S/C17H20N2O/c1-11-4-5-12-6-8-19-16(14(12)9-11)10-15-13(17(19)20)3-2-7-18-15/h4-5,9,13,16H,2-3,6-8,10H2,1H3. The number of hydrogen-bond donors (Lipinski definition) is 0. The van der Waals surface area contributed by atoms with Gasteiger partial charge in [-0.05, 0) is 37.3 Å². The number of benzene rings is 1. The Balaban J connectivity index is 1.77. The van der Waals surface area contributed by atoms with E-state index in [0.29, 0.717) is 5.91 Å². The fraction of sp³-hybridized carbons (Fsp3) is 0.529. The Bertz CT molecular complexity index is 605. The Morgan fingerprint density at radius 3 is 3.15 bits per heavy atom. The molecule has 2 unspecified atom stereocenters. The first-order chi connectivity index (χ1) is 9.74. The lowest BCUT2D eigenvalue weighted by molar-refractivity contribution is -0.138. The zero-order valence-electron chi connectivity index (χ0n) is 11.9. The number of carbonyl (C=O) groups is 1. The number of aliphatic imine (C=N–C) groups is 1. The minimum atomic E-state index is 0.0892. The third-order valence-electron chi connectivity index (χ3n) is 5.01. The summed E-state index contributed by atoms with van der Waals surface area (Å²) in [5, 5.41) is 0. The molecule has 1 aromatic rings. The molecule has 1 aromatic carbocycles. The van der Waals surface area contributed by atoms with Crippen LogP contribution < -0.4 is 0 Å². The van der Waals surface area contributed by atoms with Crippen molar-refractivity contribution < 1.29 is 4.79 Å². The van der Waals surface area contributed by atoms with Crippen LogP contribution in [0.25, 0.3) is 0 Å². The highest BCUT2D eigenvalue weighted by molar-refractivity contribution is 6.07. The molecule has 1 fully saturated rings. The average molecular weight is 268 g/mol. The predicted octanol–water partition coefficient (Wildman–Crippen LogP) is 2.68. The maximum absolute atomic E-state index is 12.7. The number of carbonyl (C=O) groups excluding carboxylic acids is 1. The van der Waals surface area contributed by atoms with Gasteiger partial charge in [0.25, 0.3) is 0 Å². The highest BCUT2D eigenvalue weighted by Gasteiger charge is 2.42. The van der Waals surface area contributed by atoms with Gasteiger partial charge in [-0.25, -0.2) is 0 Å². The van der Waals surface area contributed by atoms with Gasteiger partial charge in [-0.2, -0.15) is 0 Å². The average Bonchev–Trinajstić information content (AvgIpc) is 2.47. The molecule has 0 N–H and O–H groups in total. The quantitative estimate of drug-likeness (QED) is 0.712. The van der Waals surface area contributed by atoms with Gasteiger partial charge >= 0.3 is 0 Å². The van der Waals surface area contributed by atoms with E-state index in [9.17, 15) is 4.79 Å². The molecule has 0 radical (unpaired) electrons. The molecule has 0 saturated carbocycles. The highest BCUT2D eigenvalue weighted by atomic mass is 16.2. The van der Waals surface area contributed by atoms with E-state index >= 15 is 0 Å². The fourth-order valence-corrected chi connectivity index (χ4v) is 3.97. The second-order valence-electron chi connectivity index (χ2n) is 6.27. The fourth-order valence-electron chi connectivity index (χ4n) is 3.97. The van der Waals surface area contributed by atoms with Gasteiger partial charge in [0, 0.05) is 25.2 Å². The molecule has 0 spiro atoms. The van der Waals surface area contributed by atoms with Crippen LogP contribution in [0.2, 0.25) is 0 Å². The summed E-state index contributed by atoms with van der Waals surface area (Å²) < 4.78 is 0. The van der Waals surface area contributed by atoms with Gasteiger partial charge in [-0.3, -0.25) is 9.79 Å². The molecule has 1 saturated heterocycles. The zero-order valence-corrected chi connectivity index (χ0v) is 11.9. The molecule has 3 nitrogen and oxygen atoms in total. The van der Waals surface area contributed by atoms with Crippen LogP contribution in [-0.2, 0) is 11.2 Å². The molecule has 1 amide bonds. The van der Waals surface area contributed by atoms with Crippen molar-refractivity contribution in [1.29, 1.82) is 0 Å². The number of amides is 1. The minimum absolute atomic E-state index is 0.0892. The van der Waals surface area contributed by atoms with Crippen LogP contribution in [-0.4, -0.2) is 29.6 Å². The van der Waals surface area contributed by atoms with E-state index < -0.39 is 0 Å². The van der Waals surface area contributed by atoms with Crippen molar-refractivity contribution in [3.8, 4) is 0 Å². The molecule has 0 aromatic heterocycles. The van der Waals surface area contributed by atoms with Gasteiger partial charge in [0.1, 0.15) is 0 Å². The summed E-state index contributed by atoms with van der Waals surface area (Å²) in [4.78, 5) is 19.5. The third kappa shape index (κ3) is 1.72. The van der Waals surface area contributed by atoms with Gasteiger partial charge in [-0.1, -0.05) is 23.8 Å². The summed E-state index contributed by atoms with van der Waals surface area (Å²) in [6.45, 7) is 3.92. The zero-order chi connectivity index (χ0) is 13.7. The second kappa shape index (κ2) is 4.44. The van der Waals surface area contributed by atoms with Gasteiger partial charge in [0.15, 0.2) is 0 Å². The van der Waals surface area contributed by atoms with Crippen molar-refractivity contribution >= 4 is 11.6 Å². The number of nitrogens with zero attached hydrogens (tertiary/aromatic N) is 2. The van der Waals surface area contributed by atoms with Crippen LogP contribution in [0.5, 0.6) is 0 Å². The van der Waals surface area contributed by atoms with E-state index in [4.69, 9.17) is 0 Å². The van der Waals surface area contributed by atoms with Crippen molar-refractivity contribution in [1.82, 2.24) is 4.90 Å². The molecule has 104 valence electrons. The smallest absolute Gasteiger partial charge is 0.231 e. The van der Waals surface area contributed by atoms with Gasteiger partial charge in [-0.15, -0.1) is 0 Å². The summed E-state index contributed by atoms with van der Waals surface area (Å²) in [5.41, 5.74) is 5.22. The maximum atomic E-state index is 12.7. The topological polar surface area (TPSA) is 32.7 Å². The molecule has 20 heavy (non-hydrogen) atoms. The molecule has 3 heteroatoms. The number of hydrogen-bond acceptors (Lipinski definition) is 2. The van der Waals surface area contributed by atoms with E-state index in [1.54, 1.807) is 0 Å². The Morgan fingerprint density at radius 2 is 2.25 bits per heavy atom. The van der Waals surface area contributed by atoms with Crippen molar-refractivity contribution in [2.75, 3.05) is 13.1 Å². The van der Waals surface area contributed by atoms with E-state index in [0.717, 1.165) is 44.5 Å². The normalized spacial score (nSPS) is 28.4. The third-order valence-corrected chi connectivity index (χ3v) is 5.01. The lowest BCUT2D eigenvalue weighted by Crippen LogP contribution is -2.51. The van der Waals surface area contributed by atoms with Crippen LogP contribution in [0.4, 0.5) is 0 Å². The van der Waals surface area contributed by atoms with Gasteiger partial charge in [0.05, 0.1) is 12.0 Å². The Labute approximate surface area is 119 Å². The molecule has 4 rings (SSSR count). The molecule has 3 aliphatic heterocycles. The van der Waals surface area contributed by atoms with Crippen molar-refractivity contribution in [2.45, 2.75) is 38.6 Å². The van der Waals surface area contributed by atoms with E-state index in [-0.39, 0.29) is 12.0 Å². The minimum Gasteiger partial charge on any atom is -0.334 e. The van der Waals surface area contributed by atoms with Crippen LogP contribution in [0, 0.1) is 12.8 Å². The first-order valence-electron chi connectivity index (χ1n) is 7.67. The Morgan fingerprint density at radius 1 is 1.35 bits per heavy atom. The highest BCUT2D eigenvalue weighted by Crippen LogP contribution is 2.40. The summed E-state index contributed by atoms with van der Waals surface area (Å²) in [5.74, 6) is 0.415. The molecule has 3 heterocycles. The number of rotatable bonds is 0. The molecule has 0 bridgehead atoms. The Kier molecular flexibility index (Phi) is 2.69. The molecular formula is C17H20N2O. The van der Waals surface area contributed by atoms with E-state index in [1.165, 1.54) is 16.7 Å². The van der Waals surface area contributed by atoms with Crippen LogP contribution in [0.3, 0.4) is 0 Å². The van der Waals surface area contributed by atoms with Gasteiger partial charge < -0.3 is 4.90 Å². The first-order valence-corrected chi connectivity index (χ1v) is 7.67. The van der Waals surface area contributed by atoms with Crippen molar-refractivity contribution in [3.63, 3.8) is 0 Å². The number of fused-ring (bicyclic) bond motifs is 4. The Hall–Kier alpha value is -1.64. The summed E-state index contributed by atoms with van der Waals surface area (Å²) in [6.07, 6.45) is 4.01. The van der Waals surface area contributed by atoms with E-state index in [1.807, 2.05) is 0 Å². The van der Waals surface area contributed by atoms with Crippen LogP contribution in [0.1, 0.15) is 42.0 Å². The maximum Gasteiger partial charge on any atom is 0.231 e. The van der Waals surface area contributed by atoms with Crippen molar-refractivity contribution in [2.24, 2.45) is 10.9 Å². The molecular weight excluding hydrogens is 248 g/mol. The lowest BCUT2D eigenvalue weighted by atomic mass is 9.79. The monoisotopic (exact) mass is 268 g/mol. The second-order valence-corrected chi connectivity index (χ2v) is 6.27. The summed E-state index contributed by atoms with van der Waals surface area (Å²) >= 11 is 0. The van der Waals surface area contributed by atoms with Crippen molar-refractivity contribution in [3.05, 3.63) is 34.9 Å².